The van der Waals surface area contributed by atoms with Crippen molar-refractivity contribution >= 4 is 16.5 Å². The first kappa shape index (κ1) is 10.5. The molecule has 1 aromatic heterocycles. The molecule has 3 rings (SSSR count). The van der Waals surface area contributed by atoms with Gasteiger partial charge in [-0.05, 0) is 12.8 Å². The van der Waals surface area contributed by atoms with Gasteiger partial charge in [0.05, 0.1) is 23.8 Å². The Hall–Kier alpha value is -0.650. The molecule has 1 unspecified atom stereocenters. The molecule has 4 nitrogen and oxygen atoms in total. The van der Waals surface area contributed by atoms with Crippen LogP contribution in [-0.4, -0.2) is 30.7 Å². The van der Waals surface area contributed by atoms with Gasteiger partial charge in [-0.25, -0.2) is 4.98 Å². The molecule has 0 radical (unpaired) electrons. The molecular weight excluding hydrogens is 222 g/mol. The lowest BCUT2D eigenvalue weighted by Gasteiger charge is -2.22. The van der Waals surface area contributed by atoms with Crippen molar-refractivity contribution in [3.05, 3.63) is 10.6 Å². The molecule has 1 saturated heterocycles. The Morgan fingerprint density at radius 3 is 3.31 bits per heavy atom. The maximum atomic E-state index is 5.79. The van der Waals surface area contributed by atoms with Gasteiger partial charge < -0.3 is 15.4 Å². The monoisotopic (exact) mass is 239 g/mol. The second-order valence-electron chi connectivity index (χ2n) is 4.39. The van der Waals surface area contributed by atoms with Crippen LogP contribution in [0, 0.1) is 0 Å². The zero-order valence-electron chi connectivity index (χ0n) is 9.32. The fourth-order valence-electron chi connectivity index (χ4n) is 2.47. The van der Waals surface area contributed by atoms with Gasteiger partial charge in [-0.3, -0.25) is 0 Å². The van der Waals surface area contributed by atoms with Crippen molar-refractivity contribution in [1.29, 1.82) is 0 Å². The summed E-state index contributed by atoms with van der Waals surface area (Å²) in [6, 6.07) is 0.494. The van der Waals surface area contributed by atoms with E-state index in [1.54, 1.807) is 11.3 Å². The van der Waals surface area contributed by atoms with Crippen molar-refractivity contribution in [3.8, 4) is 0 Å². The smallest absolute Gasteiger partial charge is 0.186 e. The van der Waals surface area contributed by atoms with Crippen LogP contribution >= 0.6 is 11.3 Å². The van der Waals surface area contributed by atoms with Crippen LogP contribution in [0.1, 0.15) is 23.4 Å². The second-order valence-corrected chi connectivity index (χ2v) is 5.46. The summed E-state index contributed by atoms with van der Waals surface area (Å²) in [6.45, 7) is 3.40. The third kappa shape index (κ3) is 1.73. The van der Waals surface area contributed by atoms with Gasteiger partial charge in [0, 0.05) is 25.6 Å². The van der Waals surface area contributed by atoms with Crippen LogP contribution in [-0.2, 0) is 17.8 Å². The van der Waals surface area contributed by atoms with Crippen molar-refractivity contribution in [2.45, 2.75) is 31.9 Å². The summed E-state index contributed by atoms with van der Waals surface area (Å²) in [4.78, 5) is 8.43. The molecule has 2 aliphatic rings. The molecule has 88 valence electrons. The Morgan fingerprint density at radius 2 is 2.50 bits per heavy atom. The van der Waals surface area contributed by atoms with Crippen LogP contribution in [0.2, 0.25) is 0 Å². The minimum atomic E-state index is 0.494. The molecule has 0 aliphatic carbocycles. The zero-order valence-corrected chi connectivity index (χ0v) is 10.1. The number of thiazole rings is 1. The van der Waals surface area contributed by atoms with Crippen molar-refractivity contribution in [2.24, 2.45) is 5.73 Å². The Balaban J connectivity index is 1.86. The number of hydrogen-bond acceptors (Lipinski definition) is 5. The third-order valence-electron chi connectivity index (χ3n) is 3.38. The van der Waals surface area contributed by atoms with Gasteiger partial charge in [0.25, 0.3) is 0 Å². The molecule has 1 atom stereocenters. The Labute approximate surface area is 99.4 Å². The van der Waals surface area contributed by atoms with E-state index < -0.39 is 0 Å². The maximum Gasteiger partial charge on any atom is 0.186 e. The molecule has 0 spiro atoms. The highest BCUT2D eigenvalue weighted by Gasteiger charge is 2.27. The molecule has 1 fully saturated rings. The van der Waals surface area contributed by atoms with Crippen LogP contribution in [0.3, 0.4) is 0 Å². The lowest BCUT2D eigenvalue weighted by Crippen LogP contribution is -2.35. The third-order valence-corrected chi connectivity index (χ3v) is 4.49. The number of aromatic nitrogens is 1. The van der Waals surface area contributed by atoms with Crippen LogP contribution in [0.5, 0.6) is 0 Å². The summed E-state index contributed by atoms with van der Waals surface area (Å²) in [7, 11) is 0. The Bertz CT molecular complexity index is 356. The van der Waals surface area contributed by atoms with E-state index in [2.05, 4.69) is 4.90 Å². The molecule has 5 heteroatoms. The number of rotatable bonds is 2. The normalized spacial score (nSPS) is 24.8. The molecule has 0 saturated carbocycles. The standard InChI is InChI=1S/C11H17N3OS/c12-6-8-2-1-4-14(8)11-13-9-3-5-15-7-10(9)16-11/h8H,1-7,12H2. The maximum absolute atomic E-state index is 5.79. The first-order chi connectivity index (χ1) is 7.88. The van der Waals surface area contributed by atoms with Crippen LogP contribution < -0.4 is 10.6 Å². The number of hydrogen-bond donors (Lipinski definition) is 1. The van der Waals surface area contributed by atoms with E-state index in [0.717, 1.165) is 37.9 Å². The van der Waals surface area contributed by atoms with E-state index in [4.69, 9.17) is 15.5 Å². The number of nitrogens with two attached hydrogens (primary N) is 1. The molecule has 16 heavy (non-hydrogen) atoms. The topological polar surface area (TPSA) is 51.4 Å². The van der Waals surface area contributed by atoms with Crippen molar-refractivity contribution in [3.63, 3.8) is 0 Å². The molecule has 0 bridgehead atoms. The fraction of sp³-hybridized carbons (Fsp3) is 0.727. The van der Waals surface area contributed by atoms with Crippen LogP contribution in [0.4, 0.5) is 5.13 Å². The SMILES string of the molecule is NCC1CCCN1c1nc2c(s1)COCC2. The highest BCUT2D eigenvalue weighted by molar-refractivity contribution is 7.15. The van der Waals surface area contributed by atoms with Gasteiger partial charge in [-0.15, -0.1) is 0 Å². The summed E-state index contributed by atoms with van der Waals surface area (Å²) in [5.41, 5.74) is 7.04. The molecule has 2 aliphatic heterocycles. The summed E-state index contributed by atoms with van der Waals surface area (Å²) >= 11 is 1.79. The first-order valence-corrected chi connectivity index (χ1v) is 6.73. The minimum Gasteiger partial charge on any atom is -0.375 e. The summed E-state index contributed by atoms with van der Waals surface area (Å²) in [5.74, 6) is 0. The van der Waals surface area contributed by atoms with E-state index in [-0.39, 0.29) is 0 Å². The van der Waals surface area contributed by atoms with Gasteiger partial charge >= 0.3 is 0 Å². The van der Waals surface area contributed by atoms with Gasteiger partial charge in [0.2, 0.25) is 0 Å². The average Bonchev–Trinajstić information content (AvgIpc) is 2.94. The summed E-state index contributed by atoms with van der Waals surface area (Å²) in [5, 5.41) is 1.16. The van der Waals surface area contributed by atoms with Crippen LogP contribution in [0.15, 0.2) is 0 Å². The minimum absolute atomic E-state index is 0.494. The van der Waals surface area contributed by atoms with E-state index in [9.17, 15) is 0 Å². The molecule has 0 amide bonds. The Kier molecular flexibility index (Phi) is 2.83. The van der Waals surface area contributed by atoms with Crippen molar-refractivity contribution < 1.29 is 4.74 Å². The highest BCUT2D eigenvalue weighted by atomic mass is 32.1. The molecule has 0 aromatic carbocycles. The average molecular weight is 239 g/mol. The predicted molar refractivity (Wildman–Crippen MR) is 64.9 cm³/mol. The van der Waals surface area contributed by atoms with Gasteiger partial charge in [0.15, 0.2) is 5.13 Å². The van der Waals surface area contributed by atoms with Gasteiger partial charge in [0.1, 0.15) is 0 Å². The highest BCUT2D eigenvalue weighted by Crippen LogP contribution is 2.33. The second kappa shape index (κ2) is 4.31. The summed E-state index contributed by atoms with van der Waals surface area (Å²) in [6.07, 6.45) is 3.41. The van der Waals surface area contributed by atoms with E-state index in [1.807, 2.05) is 0 Å². The predicted octanol–water partition coefficient (Wildman–Crippen LogP) is 1.14. The summed E-state index contributed by atoms with van der Waals surface area (Å²) < 4.78 is 5.45. The number of nitrogens with zero attached hydrogens (tertiary/aromatic N) is 2. The zero-order chi connectivity index (χ0) is 11.0. The molecule has 2 N–H and O–H groups in total. The lowest BCUT2D eigenvalue weighted by molar-refractivity contribution is 0.112. The van der Waals surface area contributed by atoms with E-state index in [0.29, 0.717) is 6.04 Å². The van der Waals surface area contributed by atoms with Gasteiger partial charge in [-0.2, -0.15) is 0 Å². The van der Waals surface area contributed by atoms with E-state index in [1.165, 1.54) is 23.4 Å². The first-order valence-electron chi connectivity index (χ1n) is 5.91. The Morgan fingerprint density at radius 1 is 1.56 bits per heavy atom. The molecule has 1 aromatic rings. The quantitative estimate of drug-likeness (QED) is 0.841. The van der Waals surface area contributed by atoms with Crippen LogP contribution in [0.25, 0.3) is 0 Å². The van der Waals surface area contributed by atoms with Crippen molar-refractivity contribution in [2.75, 3.05) is 24.6 Å². The fourth-order valence-corrected chi connectivity index (χ4v) is 3.61. The largest absolute Gasteiger partial charge is 0.375 e. The van der Waals surface area contributed by atoms with Gasteiger partial charge in [-0.1, -0.05) is 11.3 Å². The molecule has 3 heterocycles. The molecular formula is C11H17N3OS. The number of anilines is 1. The van der Waals surface area contributed by atoms with Crippen molar-refractivity contribution in [1.82, 2.24) is 4.98 Å². The number of ether oxygens (including phenoxy) is 1. The number of fused-ring (bicyclic) bond motifs is 1. The van der Waals surface area contributed by atoms with E-state index >= 15 is 0 Å². The lowest BCUT2D eigenvalue weighted by atomic mass is 10.2.